The summed E-state index contributed by atoms with van der Waals surface area (Å²) in [5.74, 6) is 0.142. The predicted molar refractivity (Wildman–Crippen MR) is 134 cm³/mol. The van der Waals surface area contributed by atoms with Crippen molar-refractivity contribution in [1.82, 2.24) is 0 Å². The van der Waals surface area contributed by atoms with Gasteiger partial charge in [-0.25, -0.2) is 0 Å². The molecule has 0 radical (unpaired) electrons. The summed E-state index contributed by atoms with van der Waals surface area (Å²) in [6.07, 6.45) is 1.88. The van der Waals surface area contributed by atoms with Crippen LogP contribution in [0, 0.1) is 0 Å². The third-order valence-electron chi connectivity index (χ3n) is 6.95. The standard InChI is InChI=1S/C31H24O/c1-3-19-15-17-23-18-16-20(4-2)25-26(23)24(19)29-27(21-11-7-5-8-12-21)31(32)28(30(25)29)22-13-9-6-10-14-22/h5-18H,3-4H2,1-2H3. The van der Waals surface area contributed by atoms with Gasteiger partial charge in [0.1, 0.15) is 0 Å². The van der Waals surface area contributed by atoms with E-state index in [9.17, 15) is 4.79 Å². The van der Waals surface area contributed by atoms with Gasteiger partial charge in [-0.2, -0.15) is 0 Å². The minimum Gasteiger partial charge on any atom is -0.289 e. The Morgan fingerprint density at radius 3 is 1.38 bits per heavy atom. The molecule has 2 aliphatic rings. The molecule has 0 saturated carbocycles. The first-order valence-electron chi connectivity index (χ1n) is 11.5. The highest BCUT2D eigenvalue weighted by atomic mass is 16.1. The summed E-state index contributed by atoms with van der Waals surface area (Å²) >= 11 is 0. The van der Waals surface area contributed by atoms with E-state index in [4.69, 9.17) is 0 Å². The van der Waals surface area contributed by atoms with Crippen LogP contribution in [0.4, 0.5) is 0 Å². The molecule has 4 aromatic rings. The van der Waals surface area contributed by atoms with Crippen molar-refractivity contribution < 1.29 is 4.79 Å². The molecule has 1 nitrogen and oxygen atoms in total. The van der Waals surface area contributed by atoms with Crippen LogP contribution in [0.25, 0.3) is 33.1 Å². The Balaban J connectivity index is 1.83. The van der Waals surface area contributed by atoms with Gasteiger partial charge in [-0.05, 0) is 57.0 Å². The normalized spacial score (nSPS) is 14.6. The van der Waals surface area contributed by atoms with E-state index in [0.29, 0.717) is 0 Å². The summed E-state index contributed by atoms with van der Waals surface area (Å²) in [5.41, 5.74) is 11.1. The summed E-state index contributed by atoms with van der Waals surface area (Å²) in [4.78, 5) is 14.1. The molecule has 0 atom stereocenters. The highest BCUT2D eigenvalue weighted by Gasteiger charge is 2.41. The van der Waals surface area contributed by atoms with Crippen LogP contribution >= 0.6 is 0 Å². The largest absolute Gasteiger partial charge is 0.289 e. The van der Waals surface area contributed by atoms with Crippen LogP contribution in [0.5, 0.6) is 0 Å². The smallest absolute Gasteiger partial charge is 0.195 e. The molecule has 0 unspecified atom stereocenters. The molecular weight excluding hydrogens is 388 g/mol. The number of Topliss-reactive ketones (excluding diaryl/α,β-unsaturated/α-hetero) is 1. The van der Waals surface area contributed by atoms with E-state index in [2.05, 4.69) is 62.4 Å². The molecule has 0 bridgehead atoms. The number of carbonyl (C=O) groups excluding carboxylic acids is 1. The fourth-order valence-electron chi connectivity index (χ4n) is 5.53. The number of hydrogen-bond acceptors (Lipinski definition) is 1. The lowest BCUT2D eigenvalue weighted by Gasteiger charge is -2.13. The number of rotatable bonds is 4. The Labute approximate surface area is 188 Å². The van der Waals surface area contributed by atoms with E-state index < -0.39 is 0 Å². The molecule has 0 amide bonds. The molecule has 154 valence electrons. The van der Waals surface area contributed by atoms with Gasteiger partial charge in [0.2, 0.25) is 0 Å². The van der Waals surface area contributed by atoms with E-state index in [-0.39, 0.29) is 5.78 Å². The molecule has 1 heteroatoms. The fourth-order valence-corrected chi connectivity index (χ4v) is 5.53. The molecule has 0 N–H and O–H groups in total. The molecule has 0 fully saturated rings. The topological polar surface area (TPSA) is 17.1 Å². The van der Waals surface area contributed by atoms with Gasteiger partial charge in [-0.15, -0.1) is 0 Å². The van der Waals surface area contributed by atoms with E-state index in [1.165, 1.54) is 33.0 Å². The van der Waals surface area contributed by atoms with Gasteiger partial charge in [0, 0.05) is 22.3 Å². The van der Waals surface area contributed by atoms with Gasteiger partial charge in [0.05, 0.1) is 0 Å². The number of benzene rings is 4. The Kier molecular flexibility index (Phi) is 4.26. The monoisotopic (exact) mass is 412 g/mol. The quantitative estimate of drug-likeness (QED) is 0.342. The van der Waals surface area contributed by atoms with Crippen LogP contribution < -0.4 is 0 Å². The number of fused-ring (bicyclic) bond motifs is 3. The third-order valence-corrected chi connectivity index (χ3v) is 6.95. The second-order valence-electron chi connectivity index (χ2n) is 8.57. The SMILES string of the molecule is CCc1ccc2ccc(CC)c3c2c1C1=C(c2ccccc2)C(=O)C(c2ccccc2)=C13. The van der Waals surface area contributed by atoms with Crippen molar-refractivity contribution in [2.24, 2.45) is 0 Å². The van der Waals surface area contributed by atoms with Gasteiger partial charge in [-0.3, -0.25) is 4.79 Å². The molecule has 6 rings (SSSR count). The number of carbonyl (C=O) groups is 1. The maximum atomic E-state index is 14.1. The minimum absolute atomic E-state index is 0.142. The second kappa shape index (κ2) is 7.17. The minimum atomic E-state index is 0.142. The Hall–Kier alpha value is -3.71. The molecule has 0 saturated heterocycles. The first-order chi connectivity index (χ1) is 15.7. The molecule has 0 heterocycles. The van der Waals surface area contributed by atoms with Crippen LogP contribution in [0.3, 0.4) is 0 Å². The summed E-state index contributed by atoms with van der Waals surface area (Å²) in [6, 6.07) is 29.4. The number of hydrogen-bond donors (Lipinski definition) is 0. The summed E-state index contributed by atoms with van der Waals surface area (Å²) < 4.78 is 0. The van der Waals surface area contributed by atoms with E-state index in [0.717, 1.165) is 46.3 Å². The third kappa shape index (κ3) is 2.48. The maximum Gasteiger partial charge on any atom is 0.195 e. The summed E-state index contributed by atoms with van der Waals surface area (Å²) in [6.45, 7) is 4.42. The highest BCUT2D eigenvalue weighted by molar-refractivity contribution is 6.61. The van der Waals surface area contributed by atoms with Gasteiger partial charge >= 0.3 is 0 Å². The summed E-state index contributed by atoms with van der Waals surface area (Å²) in [7, 11) is 0. The van der Waals surface area contributed by atoms with Crippen molar-refractivity contribution >= 4 is 38.8 Å². The van der Waals surface area contributed by atoms with Gasteiger partial charge in [-0.1, -0.05) is 98.8 Å². The zero-order valence-electron chi connectivity index (χ0n) is 18.4. The van der Waals surface area contributed by atoms with E-state index in [1.54, 1.807) is 0 Å². The molecule has 2 aliphatic carbocycles. The van der Waals surface area contributed by atoms with Crippen LogP contribution in [0.1, 0.15) is 47.2 Å². The van der Waals surface area contributed by atoms with Crippen molar-refractivity contribution in [3.8, 4) is 0 Å². The zero-order valence-corrected chi connectivity index (χ0v) is 18.4. The molecule has 0 spiro atoms. The van der Waals surface area contributed by atoms with Crippen molar-refractivity contribution in [3.05, 3.63) is 118 Å². The lowest BCUT2D eigenvalue weighted by molar-refractivity contribution is -0.108. The van der Waals surface area contributed by atoms with E-state index in [1.807, 2.05) is 36.4 Å². The highest BCUT2D eigenvalue weighted by Crippen LogP contribution is 2.58. The second-order valence-corrected chi connectivity index (χ2v) is 8.57. The van der Waals surface area contributed by atoms with Crippen LogP contribution in [0.15, 0.2) is 84.9 Å². The molecule has 32 heavy (non-hydrogen) atoms. The van der Waals surface area contributed by atoms with Gasteiger partial charge < -0.3 is 0 Å². The average Bonchev–Trinajstić information content (AvgIpc) is 3.33. The number of ketones is 1. The molecule has 0 aromatic heterocycles. The number of aryl methyl sites for hydroxylation is 2. The van der Waals surface area contributed by atoms with Gasteiger partial charge in [0.25, 0.3) is 0 Å². The fraction of sp³-hybridized carbons (Fsp3) is 0.129. The average molecular weight is 413 g/mol. The van der Waals surface area contributed by atoms with Crippen molar-refractivity contribution in [3.63, 3.8) is 0 Å². The molecule has 4 aromatic carbocycles. The Bertz CT molecular complexity index is 1360. The van der Waals surface area contributed by atoms with Crippen molar-refractivity contribution in [2.45, 2.75) is 26.7 Å². The molecular formula is C31H24O. The van der Waals surface area contributed by atoms with Crippen LogP contribution in [-0.2, 0) is 17.6 Å². The van der Waals surface area contributed by atoms with Crippen molar-refractivity contribution in [1.29, 1.82) is 0 Å². The Morgan fingerprint density at radius 1 is 0.531 bits per heavy atom. The van der Waals surface area contributed by atoms with Crippen LogP contribution in [-0.4, -0.2) is 5.78 Å². The van der Waals surface area contributed by atoms with Crippen LogP contribution in [0.2, 0.25) is 0 Å². The van der Waals surface area contributed by atoms with Crippen molar-refractivity contribution in [2.75, 3.05) is 0 Å². The lowest BCUT2D eigenvalue weighted by atomic mass is 9.90. The first kappa shape index (κ1) is 19.0. The van der Waals surface area contributed by atoms with E-state index >= 15 is 0 Å². The Morgan fingerprint density at radius 2 is 0.969 bits per heavy atom. The maximum absolute atomic E-state index is 14.1. The number of allylic oxidation sites excluding steroid dienone is 4. The molecule has 0 aliphatic heterocycles. The first-order valence-corrected chi connectivity index (χ1v) is 11.5. The lowest BCUT2D eigenvalue weighted by Crippen LogP contribution is -2.03. The summed E-state index contributed by atoms with van der Waals surface area (Å²) in [5, 5.41) is 2.58. The van der Waals surface area contributed by atoms with Gasteiger partial charge in [0.15, 0.2) is 5.78 Å². The predicted octanol–water partition coefficient (Wildman–Crippen LogP) is 7.38. The zero-order chi connectivity index (χ0) is 21.8.